The topological polar surface area (TPSA) is 0 Å². The third kappa shape index (κ3) is 7.83. The lowest BCUT2D eigenvalue weighted by Gasteiger charge is -2.18. The summed E-state index contributed by atoms with van der Waals surface area (Å²) in [5, 5.41) is 0. The summed E-state index contributed by atoms with van der Waals surface area (Å²) >= 11 is 0. The minimum atomic E-state index is 0.213. The number of allylic oxidation sites excluding steroid dienone is 6. The molecule has 0 aromatic heterocycles. The first-order chi connectivity index (χ1) is 10.3. The molecular weight excluding hydrogens is 264 g/mol. The fraction of sp³-hybridized carbons (Fsp3) is 0.364. The lowest BCUT2D eigenvalue weighted by atomic mass is 9.87. The zero-order valence-electron chi connectivity index (χ0n) is 15.4. The highest BCUT2D eigenvalue weighted by molar-refractivity contribution is 5.53. The molecule has 0 heteroatoms. The van der Waals surface area contributed by atoms with E-state index in [0.717, 1.165) is 0 Å². The average Bonchev–Trinajstić information content (AvgIpc) is 2.52. The maximum Gasteiger partial charge on any atom is -0.0132 e. The largest absolute Gasteiger partial charge is 0.0988 e. The Balaban J connectivity index is 0.00000211. The third-order valence-corrected chi connectivity index (χ3v) is 3.25. The van der Waals surface area contributed by atoms with Gasteiger partial charge in [0.05, 0.1) is 0 Å². The summed E-state index contributed by atoms with van der Waals surface area (Å²) in [5.74, 6) is 0. The van der Waals surface area contributed by atoms with E-state index in [1.165, 1.54) is 22.3 Å². The maximum atomic E-state index is 3.74. The molecule has 1 aromatic rings. The number of benzene rings is 1. The highest BCUT2D eigenvalue weighted by Gasteiger charge is 2.12. The Kier molecular flexibility index (Phi) is 9.17. The summed E-state index contributed by atoms with van der Waals surface area (Å²) in [6.45, 7) is 18.6. The van der Waals surface area contributed by atoms with Crippen LogP contribution in [-0.2, 0) is 5.41 Å². The van der Waals surface area contributed by atoms with Crippen LogP contribution in [0.25, 0.3) is 6.08 Å². The first-order valence-electron chi connectivity index (χ1n) is 8.09. The van der Waals surface area contributed by atoms with Crippen molar-refractivity contribution in [2.24, 2.45) is 0 Å². The van der Waals surface area contributed by atoms with Crippen molar-refractivity contribution >= 4 is 6.08 Å². The van der Waals surface area contributed by atoms with Crippen molar-refractivity contribution < 1.29 is 0 Å². The van der Waals surface area contributed by atoms with Crippen molar-refractivity contribution in [3.05, 3.63) is 77.4 Å². The molecule has 0 atom stereocenters. The molecule has 0 fully saturated rings. The molecule has 0 radical (unpaired) electrons. The van der Waals surface area contributed by atoms with Gasteiger partial charge in [0.2, 0.25) is 0 Å². The Hall–Kier alpha value is -1.82. The van der Waals surface area contributed by atoms with Gasteiger partial charge < -0.3 is 0 Å². The molecule has 0 saturated heterocycles. The van der Waals surface area contributed by atoms with Gasteiger partial charge in [0.25, 0.3) is 0 Å². The predicted octanol–water partition coefficient (Wildman–Crippen LogP) is 7.10. The van der Waals surface area contributed by atoms with Gasteiger partial charge in [0.15, 0.2) is 0 Å². The summed E-state index contributed by atoms with van der Waals surface area (Å²) in [6, 6.07) is 8.77. The molecule has 120 valence electrons. The molecular formula is C22H32. The lowest BCUT2D eigenvalue weighted by Crippen LogP contribution is -2.10. The van der Waals surface area contributed by atoms with E-state index in [1.54, 1.807) is 0 Å². The van der Waals surface area contributed by atoms with Gasteiger partial charge in [0.1, 0.15) is 0 Å². The van der Waals surface area contributed by atoms with Crippen LogP contribution in [0.5, 0.6) is 0 Å². The first-order valence-corrected chi connectivity index (χ1v) is 8.09. The predicted molar refractivity (Wildman–Crippen MR) is 103 cm³/mol. The van der Waals surface area contributed by atoms with Gasteiger partial charge in [-0.25, -0.2) is 0 Å². The van der Waals surface area contributed by atoms with Crippen LogP contribution < -0.4 is 0 Å². The zero-order chi connectivity index (χ0) is 17.2. The van der Waals surface area contributed by atoms with Crippen LogP contribution in [0.15, 0.2) is 66.3 Å². The molecule has 0 aliphatic heterocycles. The number of rotatable bonds is 4. The Morgan fingerprint density at radius 1 is 0.909 bits per heavy atom. The average molecular weight is 296 g/mol. The van der Waals surface area contributed by atoms with E-state index < -0.39 is 0 Å². The second kappa shape index (κ2) is 10.00. The summed E-state index contributed by atoms with van der Waals surface area (Å²) in [7, 11) is 0. The molecule has 0 saturated carbocycles. The Morgan fingerprint density at radius 3 is 1.86 bits per heavy atom. The van der Waals surface area contributed by atoms with Gasteiger partial charge in [-0.2, -0.15) is 0 Å². The van der Waals surface area contributed by atoms with Crippen LogP contribution in [0, 0.1) is 0 Å². The second-order valence-electron chi connectivity index (χ2n) is 6.23. The van der Waals surface area contributed by atoms with Gasteiger partial charge in [-0.3, -0.25) is 0 Å². The molecule has 1 aromatic carbocycles. The first kappa shape index (κ1) is 20.2. The van der Waals surface area contributed by atoms with Crippen LogP contribution >= 0.6 is 0 Å². The number of hydrogen-bond donors (Lipinski definition) is 0. The van der Waals surface area contributed by atoms with Crippen LogP contribution in [0.4, 0.5) is 0 Å². The second-order valence-corrected chi connectivity index (χ2v) is 6.23. The van der Waals surface area contributed by atoms with Crippen LogP contribution in [-0.4, -0.2) is 0 Å². The van der Waals surface area contributed by atoms with Crippen molar-refractivity contribution in [1.82, 2.24) is 0 Å². The molecule has 0 heterocycles. The van der Waals surface area contributed by atoms with E-state index in [9.17, 15) is 0 Å². The number of hydrogen-bond acceptors (Lipinski definition) is 0. The maximum absolute atomic E-state index is 3.74. The van der Waals surface area contributed by atoms with E-state index in [4.69, 9.17) is 0 Å². The van der Waals surface area contributed by atoms with Crippen LogP contribution in [0.1, 0.15) is 59.6 Å². The Bertz CT molecular complexity index is 528. The van der Waals surface area contributed by atoms with Gasteiger partial charge in [-0.1, -0.05) is 107 Å². The molecule has 22 heavy (non-hydrogen) atoms. The molecule has 0 aliphatic carbocycles. The monoisotopic (exact) mass is 296 g/mol. The van der Waals surface area contributed by atoms with E-state index in [0.29, 0.717) is 0 Å². The highest BCUT2D eigenvalue weighted by Crippen LogP contribution is 2.22. The molecule has 0 bridgehead atoms. The van der Waals surface area contributed by atoms with Crippen molar-refractivity contribution in [3.8, 4) is 0 Å². The molecule has 0 spiro atoms. The summed E-state index contributed by atoms with van der Waals surface area (Å²) in [5.41, 5.74) is 5.21. The van der Waals surface area contributed by atoms with Crippen molar-refractivity contribution in [2.75, 3.05) is 0 Å². The van der Waals surface area contributed by atoms with Crippen molar-refractivity contribution in [3.63, 3.8) is 0 Å². The van der Waals surface area contributed by atoms with Gasteiger partial charge in [0, 0.05) is 0 Å². The van der Waals surface area contributed by atoms with E-state index in [1.807, 2.05) is 26.8 Å². The normalized spacial score (nSPS) is 12.9. The summed E-state index contributed by atoms with van der Waals surface area (Å²) in [6.07, 6.45) is 10.3. The fourth-order valence-corrected chi connectivity index (χ4v) is 1.71. The molecule has 0 N–H and O–H groups in total. The Morgan fingerprint density at radius 2 is 1.41 bits per heavy atom. The van der Waals surface area contributed by atoms with Gasteiger partial charge >= 0.3 is 0 Å². The third-order valence-electron chi connectivity index (χ3n) is 3.25. The minimum absolute atomic E-state index is 0.213. The molecule has 0 unspecified atom stereocenters. The highest BCUT2D eigenvalue weighted by atomic mass is 14.2. The fourth-order valence-electron chi connectivity index (χ4n) is 1.71. The molecule has 0 amide bonds. The van der Waals surface area contributed by atoms with Crippen LogP contribution in [0.3, 0.4) is 0 Å². The molecule has 0 aliphatic rings. The molecule has 1 rings (SSSR count). The van der Waals surface area contributed by atoms with Crippen molar-refractivity contribution in [2.45, 2.75) is 53.9 Å². The Labute approximate surface area is 138 Å². The zero-order valence-corrected chi connectivity index (χ0v) is 15.4. The van der Waals surface area contributed by atoms with E-state index >= 15 is 0 Å². The standard InChI is InChI=1S/C20H26.C2H6/c1-7-16(2)8-9-17(3)10-11-18-12-14-19(15-13-18)20(4,5)6;1-2/h7-15H,1H2,2-6H3;1-2H3/b11-10+,16-8-,17-9+;. The van der Waals surface area contributed by atoms with Gasteiger partial charge in [-0.15, -0.1) is 0 Å². The summed E-state index contributed by atoms with van der Waals surface area (Å²) in [4.78, 5) is 0. The smallest absolute Gasteiger partial charge is 0.0132 e. The minimum Gasteiger partial charge on any atom is -0.0988 e. The van der Waals surface area contributed by atoms with Crippen LogP contribution in [0.2, 0.25) is 0 Å². The quantitative estimate of drug-likeness (QED) is 0.520. The molecule has 0 nitrogen and oxygen atoms in total. The SMILES string of the molecule is C=C\C(C)=C/C=C(C)/C=C/c1ccc(C(C)(C)C)cc1.CC. The van der Waals surface area contributed by atoms with Crippen molar-refractivity contribution in [1.29, 1.82) is 0 Å². The van der Waals surface area contributed by atoms with E-state index in [-0.39, 0.29) is 5.41 Å². The summed E-state index contributed by atoms with van der Waals surface area (Å²) < 4.78 is 0. The van der Waals surface area contributed by atoms with E-state index in [2.05, 4.69) is 82.8 Å². The lowest BCUT2D eigenvalue weighted by molar-refractivity contribution is 0.590. The van der Waals surface area contributed by atoms with Gasteiger partial charge in [-0.05, 0) is 30.4 Å².